The lowest BCUT2D eigenvalue weighted by molar-refractivity contribution is -0.141. The topological polar surface area (TPSA) is 86.7 Å². The number of benzene rings is 1. The van der Waals surface area contributed by atoms with Gasteiger partial charge in [0.25, 0.3) is 0 Å². The summed E-state index contributed by atoms with van der Waals surface area (Å²) in [6.07, 6.45) is 1.33. The summed E-state index contributed by atoms with van der Waals surface area (Å²) in [4.78, 5) is 36.3. The SMILES string of the molecule is CCC(NC(=O)CN1C(=O)CCc2ccccc21)C(=O)O. The second-order valence-corrected chi connectivity index (χ2v) is 4.98. The number of hydrogen-bond acceptors (Lipinski definition) is 3. The number of fused-ring (bicyclic) bond motifs is 1. The molecule has 1 unspecified atom stereocenters. The molecule has 21 heavy (non-hydrogen) atoms. The molecule has 0 radical (unpaired) electrons. The molecule has 0 bridgehead atoms. The van der Waals surface area contributed by atoms with Crippen LogP contribution in [0, 0.1) is 0 Å². The molecule has 1 atom stereocenters. The average molecular weight is 290 g/mol. The Hall–Kier alpha value is -2.37. The van der Waals surface area contributed by atoms with Gasteiger partial charge in [-0.3, -0.25) is 9.59 Å². The predicted octanol–water partition coefficient (Wildman–Crippen LogP) is 0.945. The predicted molar refractivity (Wildman–Crippen MR) is 77.0 cm³/mol. The zero-order valence-corrected chi connectivity index (χ0v) is 11.8. The number of aryl methyl sites for hydroxylation is 1. The molecular weight excluding hydrogens is 272 g/mol. The maximum Gasteiger partial charge on any atom is 0.326 e. The van der Waals surface area contributed by atoms with Crippen molar-refractivity contribution in [2.75, 3.05) is 11.4 Å². The molecule has 6 heteroatoms. The molecule has 2 amide bonds. The minimum absolute atomic E-state index is 0.118. The molecule has 6 nitrogen and oxygen atoms in total. The van der Waals surface area contributed by atoms with E-state index in [2.05, 4.69) is 5.32 Å². The molecule has 0 saturated carbocycles. The van der Waals surface area contributed by atoms with Gasteiger partial charge in [-0.1, -0.05) is 25.1 Å². The first-order chi connectivity index (χ1) is 10.0. The van der Waals surface area contributed by atoms with Gasteiger partial charge < -0.3 is 15.3 Å². The molecule has 2 N–H and O–H groups in total. The van der Waals surface area contributed by atoms with Gasteiger partial charge in [-0.2, -0.15) is 0 Å². The summed E-state index contributed by atoms with van der Waals surface area (Å²) in [5.41, 5.74) is 1.75. The smallest absolute Gasteiger partial charge is 0.326 e. The highest BCUT2D eigenvalue weighted by atomic mass is 16.4. The number of aliphatic carboxylic acids is 1. The van der Waals surface area contributed by atoms with Crippen molar-refractivity contribution in [3.05, 3.63) is 29.8 Å². The molecule has 0 spiro atoms. The fraction of sp³-hybridized carbons (Fsp3) is 0.400. The molecule has 1 aliphatic heterocycles. The molecule has 112 valence electrons. The molecule has 1 aliphatic rings. The van der Waals surface area contributed by atoms with Crippen LogP contribution < -0.4 is 10.2 Å². The van der Waals surface area contributed by atoms with Crippen LogP contribution in [0.1, 0.15) is 25.3 Å². The Morgan fingerprint density at radius 1 is 1.33 bits per heavy atom. The number of para-hydroxylation sites is 1. The minimum atomic E-state index is -1.07. The summed E-state index contributed by atoms with van der Waals surface area (Å²) in [6.45, 7) is 1.53. The van der Waals surface area contributed by atoms with Crippen molar-refractivity contribution in [3.8, 4) is 0 Å². The van der Waals surface area contributed by atoms with Crippen LogP contribution in [0.3, 0.4) is 0 Å². The number of carboxylic acids is 1. The highest BCUT2D eigenvalue weighted by molar-refractivity contribution is 6.01. The van der Waals surface area contributed by atoms with Crippen molar-refractivity contribution in [1.82, 2.24) is 5.32 Å². The zero-order valence-electron chi connectivity index (χ0n) is 11.8. The maximum absolute atomic E-state index is 12.0. The Bertz CT molecular complexity index is 571. The van der Waals surface area contributed by atoms with E-state index in [0.717, 1.165) is 11.3 Å². The first-order valence-electron chi connectivity index (χ1n) is 6.93. The quantitative estimate of drug-likeness (QED) is 0.845. The van der Waals surface area contributed by atoms with E-state index in [0.29, 0.717) is 19.3 Å². The summed E-state index contributed by atoms with van der Waals surface area (Å²) in [5, 5.41) is 11.4. The highest BCUT2D eigenvalue weighted by Crippen LogP contribution is 2.27. The van der Waals surface area contributed by atoms with E-state index in [4.69, 9.17) is 5.11 Å². The van der Waals surface area contributed by atoms with Crippen molar-refractivity contribution in [2.24, 2.45) is 0 Å². The number of carbonyl (C=O) groups excluding carboxylic acids is 2. The molecule has 1 aromatic rings. The second-order valence-electron chi connectivity index (χ2n) is 4.98. The second kappa shape index (κ2) is 6.39. The Kier molecular flexibility index (Phi) is 4.57. The van der Waals surface area contributed by atoms with E-state index >= 15 is 0 Å². The molecule has 0 aliphatic carbocycles. The van der Waals surface area contributed by atoms with Gasteiger partial charge in [0.1, 0.15) is 12.6 Å². The van der Waals surface area contributed by atoms with Gasteiger partial charge in [-0.05, 0) is 24.5 Å². The van der Waals surface area contributed by atoms with E-state index < -0.39 is 17.9 Å². The third-order valence-corrected chi connectivity index (χ3v) is 3.53. The number of carboxylic acid groups (broad SMARTS) is 1. The Balaban J connectivity index is 2.10. The van der Waals surface area contributed by atoms with Crippen molar-refractivity contribution >= 4 is 23.5 Å². The zero-order chi connectivity index (χ0) is 15.4. The monoisotopic (exact) mass is 290 g/mol. The van der Waals surface area contributed by atoms with E-state index in [1.165, 1.54) is 4.90 Å². The lowest BCUT2D eigenvalue weighted by Crippen LogP contribution is -2.47. The number of nitrogens with one attached hydrogen (secondary N) is 1. The Morgan fingerprint density at radius 2 is 2.05 bits per heavy atom. The van der Waals surface area contributed by atoms with Crippen LogP contribution in [0.4, 0.5) is 5.69 Å². The molecule has 2 rings (SSSR count). The first-order valence-corrected chi connectivity index (χ1v) is 6.93. The first kappa shape index (κ1) is 15.0. The number of hydrogen-bond donors (Lipinski definition) is 2. The van der Waals surface area contributed by atoms with Gasteiger partial charge in [-0.25, -0.2) is 4.79 Å². The lowest BCUT2D eigenvalue weighted by Gasteiger charge is -2.29. The van der Waals surface area contributed by atoms with Crippen LogP contribution >= 0.6 is 0 Å². The summed E-state index contributed by atoms with van der Waals surface area (Å²) >= 11 is 0. The molecule has 0 aromatic heterocycles. The van der Waals surface area contributed by atoms with Gasteiger partial charge >= 0.3 is 5.97 Å². The third-order valence-electron chi connectivity index (χ3n) is 3.53. The Morgan fingerprint density at radius 3 is 2.71 bits per heavy atom. The summed E-state index contributed by atoms with van der Waals surface area (Å²) in [6, 6.07) is 6.51. The highest BCUT2D eigenvalue weighted by Gasteiger charge is 2.27. The molecule has 0 saturated heterocycles. The minimum Gasteiger partial charge on any atom is -0.480 e. The Labute approximate surface area is 122 Å². The van der Waals surface area contributed by atoms with Crippen LogP contribution in [0.25, 0.3) is 0 Å². The summed E-state index contributed by atoms with van der Waals surface area (Å²) in [5.74, 6) is -1.65. The number of anilines is 1. The van der Waals surface area contributed by atoms with Crippen molar-refractivity contribution in [2.45, 2.75) is 32.2 Å². The lowest BCUT2D eigenvalue weighted by atomic mass is 10.0. The standard InChI is InChI=1S/C15H18N2O4/c1-2-11(15(20)21)16-13(18)9-17-12-6-4-3-5-10(12)7-8-14(17)19/h3-6,11H,2,7-9H2,1H3,(H,16,18)(H,20,21). The van der Waals surface area contributed by atoms with Crippen LogP contribution in [0.15, 0.2) is 24.3 Å². The molecular formula is C15H18N2O4. The van der Waals surface area contributed by atoms with Gasteiger partial charge in [0.05, 0.1) is 0 Å². The van der Waals surface area contributed by atoms with Crippen LogP contribution in [0.2, 0.25) is 0 Å². The van der Waals surface area contributed by atoms with Gasteiger partial charge in [-0.15, -0.1) is 0 Å². The van der Waals surface area contributed by atoms with Gasteiger partial charge in [0.2, 0.25) is 11.8 Å². The third kappa shape index (κ3) is 3.39. The van der Waals surface area contributed by atoms with Crippen molar-refractivity contribution in [3.63, 3.8) is 0 Å². The number of nitrogens with zero attached hydrogens (tertiary/aromatic N) is 1. The normalized spacial score (nSPS) is 15.3. The number of carbonyl (C=O) groups is 3. The number of amides is 2. The van der Waals surface area contributed by atoms with Crippen LogP contribution in [-0.4, -0.2) is 35.5 Å². The van der Waals surface area contributed by atoms with Crippen LogP contribution in [0.5, 0.6) is 0 Å². The largest absolute Gasteiger partial charge is 0.480 e. The fourth-order valence-electron chi connectivity index (χ4n) is 2.39. The summed E-state index contributed by atoms with van der Waals surface area (Å²) < 4.78 is 0. The average Bonchev–Trinajstić information content (AvgIpc) is 2.47. The molecule has 1 heterocycles. The van der Waals surface area contributed by atoms with E-state index in [1.54, 1.807) is 13.0 Å². The molecule has 1 aromatic carbocycles. The van der Waals surface area contributed by atoms with E-state index in [9.17, 15) is 14.4 Å². The van der Waals surface area contributed by atoms with E-state index in [-0.39, 0.29) is 12.5 Å². The fourth-order valence-corrected chi connectivity index (χ4v) is 2.39. The van der Waals surface area contributed by atoms with Crippen molar-refractivity contribution in [1.29, 1.82) is 0 Å². The summed E-state index contributed by atoms with van der Waals surface area (Å²) in [7, 11) is 0. The number of rotatable bonds is 5. The molecule has 0 fully saturated rings. The van der Waals surface area contributed by atoms with Crippen molar-refractivity contribution < 1.29 is 19.5 Å². The van der Waals surface area contributed by atoms with E-state index in [1.807, 2.05) is 18.2 Å². The van der Waals surface area contributed by atoms with Gasteiger partial charge in [0, 0.05) is 12.1 Å². The van der Waals surface area contributed by atoms with Crippen LogP contribution in [-0.2, 0) is 20.8 Å². The maximum atomic E-state index is 12.0. The van der Waals surface area contributed by atoms with Gasteiger partial charge in [0.15, 0.2) is 0 Å².